The fourth-order valence-corrected chi connectivity index (χ4v) is 3.21. The Morgan fingerprint density at radius 3 is 2.56 bits per heavy atom. The monoisotopic (exact) mass is 366 g/mol. The van der Waals surface area contributed by atoms with E-state index < -0.39 is 0 Å². The van der Waals surface area contributed by atoms with E-state index in [0.717, 1.165) is 31.0 Å². The third kappa shape index (κ3) is 4.71. The molecule has 0 amide bonds. The molecule has 0 saturated heterocycles. The van der Waals surface area contributed by atoms with Crippen LogP contribution in [0.4, 0.5) is 0 Å². The second-order valence-corrected chi connectivity index (χ2v) is 6.42. The van der Waals surface area contributed by atoms with Crippen molar-refractivity contribution in [2.24, 2.45) is 0 Å². The van der Waals surface area contributed by atoms with Crippen molar-refractivity contribution >= 4 is 0 Å². The van der Waals surface area contributed by atoms with E-state index in [1.807, 2.05) is 28.9 Å². The summed E-state index contributed by atoms with van der Waals surface area (Å²) < 4.78 is 13.0. The molecule has 3 aromatic rings. The van der Waals surface area contributed by atoms with Gasteiger partial charge in [0.05, 0.1) is 7.11 Å². The molecular weight excluding hydrogens is 340 g/mol. The number of benzene rings is 2. The molecule has 0 saturated carbocycles. The molecule has 2 aromatic carbocycles. The van der Waals surface area contributed by atoms with Crippen LogP contribution >= 0.6 is 0 Å². The molecule has 0 aliphatic heterocycles. The van der Waals surface area contributed by atoms with Crippen LogP contribution in [-0.4, -0.2) is 34.4 Å². The Labute approximate surface area is 160 Å². The molecule has 27 heavy (non-hydrogen) atoms. The van der Waals surface area contributed by atoms with Crippen LogP contribution in [0.15, 0.2) is 48.5 Å². The maximum Gasteiger partial charge on any atom is 0.180 e. The summed E-state index contributed by atoms with van der Waals surface area (Å²) in [7, 11) is 3.40. The fraction of sp³-hybridized carbons (Fsp3) is 0.381. The van der Waals surface area contributed by atoms with Crippen LogP contribution in [0.2, 0.25) is 0 Å². The maximum atomic E-state index is 5.73. The molecule has 0 N–H and O–H groups in total. The molecule has 0 radical (unpaired) electrons. The van der Waals surface area contributed by atoms with Gasteiger partial charge in [0, 0.05) is 20.1 Å². The van der Waals surface area contributed by atoms with Crippen LogP contribution in [0, 0.1) is 0 Å². The van der Waals surface area contributed by atoms with Crippen LogP contribution in [0.5, 0.6) is 5.75 Å². The lowest BCUT2D eigenvalue weighted by molar-refractivity contribution is 0.0916. The Morgan fingerprint density at radius 1 is 1.04 bits per heavy atom. The zero-order valence-electron chi connectivity index (χ0n) is 16.1. The molecule has 1 heterocycles. The van der Waals surface area contributed by atoms with E-state index >= 15 is 0 Å². The van der Waals surface area contributed by atoms with Gasteiger partial charge >= 0.3 is 0 Å². The molecule has 3 rings (SSSR count). The first-order valence-electron chi connectivity index (χ1n) is 9.23. The van der Waals surface area contributed by atoms with Crippen molar-refractivity contribution in [2.45, 2.75) is 38.8 Å². The van der Waals surface area contributed by atoms with E-state index in [0.29, 0.717) is 6.42 Å². The highest BCUT2D eigenvalue weighted by Crippen LogP contribution is 2.25. The highest BCUT2D eigenvalue weighted by molar-refractivity contribution is 5.37. The van der Waals surface area contributed by atoms with E-state index in [-0.39, 0.29) is 6.10 Å². The highest BCUT2D eigenvalue weighted by atomic mass is 16.5. The first kappa shape index (κ1) is 19.0. The van der Waals surface area contributed by atoms with Crippen LogP contribution in [-0.2, 0) is 30.5 Å². The summed E-state index contributed by atoms with van der Waals surface area (Å²) in [6.45, 7) is 2.84. The van der Waals surface area contributed by atoms with Gasteiger partial charge in [-0.2, -0.15) is 0 Å². The van der Waals surface area contributed by atoms with Crippen LogP contribution in [0.1, 0.15) is 35.5 Å². The minimum absolute atomic E-state index is 0.200. The first-order chi connectivity index (χ1) is 13.2. The molecular formula is C21H26N4O2. The van der Waals surface area contributed by atoms with Crippen molar-refractivity contribution in [3.8, 4) is 5.75 Å². The predicted molar refractivity (Wildman–Crippen MR) is 104 cm³/mol. The van der Waals surface area contributed by atoms with Crippen LogP contribution in [0.3, 0.4) is 0 Å². The van der Waals surface area contributed by atoms with Crippen molar-refractivity contribution < 1.29 is 9.47 Å². The molecule has 142 valence electrons. The second-order valence-electron chi connectivity index (χ2n) is 6.42. The van der Waals surface area contributed by atoms with Gasteiger partial charge < -0.3 is 9.47 Å². The Balaban J connectivity index is 1.74. The van der Waals surface area contributed by atoms with Crippen LogP contribution in [0.25, 0.3) is 0 Å². The summed E-state index contributed by atoms with van der Waals surface area (Å²) in [5.74, 6) is 1.67. The van der Waals surface area contributed by atoms with Crippen molar-refractivity contribution in [3.63, 3.8) is 0 Å². The van der Waals surface area contributed by atoms with Crippen molar-refractivity contribution in [2.75, 3.05) is 14.2 Å². The molecule has 0 spiro atoms. The minimum Gasteiger partial charge on any atom is -0.496 e. The van der Waals surface area contributed by atoms with Gasteiger partial charge in [0.1, 0.15) is 11.9 Å². The number of aromatic nitrogens is 4. The van der Waals surface area contributed by atoms with E-state index in [1.54, 1.807) is 14.2 Å². The van der Waals surface area contributed by atoms with E-state index in [1.165, 1.54) is 16.7 Å². The van der Waals surface area contributed by atoms with Gasteiger partial charge in [-0.05, 0) is 46.0 Å². The van der Waals surface area contributed by atoms with Gasteiger partial charge in [0.15, 0.2) is 5.82 Å². The van der Waals surface area contributed by atoms with Gasteiger partial charge in [-0.1, -0.05) is 49.4 Å². The lowest BCUT2D eigenvalue weighted by Gasteiger charge is -2.16. The first-order valence-corrected chi connectivity index (χ1v) is 9.23. The average molecular weight is 366 g/mol. The summed E-state index contributed by atoms with van der Waals surface area (Å²) in [4.78, 5) is 0. The normalized spacial score (nSPS) is 12.1. The Morgan fingerprint density at radius 2 is 1.85 bits per heavy atom. The topological polar surface area (TPSA) is 62.1 Å². The summed E-state index contributed by atoms with van der Waals surface area (Å²) in [5.41, 5.74) is 3.63. The molecule has 0 aliphatic carbocycles. The smallest absolute Gasteiger partial charge is 0.180 e. The Hall–Kier alpha value is -2.73. The van der Waals surface area contributed by atoms with Gasteiger partial charge in [0.2, 0.25) is 0 Å². The summed E-state index contributed by atoms with van der Waals surface area (Å²) in [6, 6.07) is 16.6. The molecule has 1 atom stereocenters. The summed E-state index contributed by atoms with van der Waals surface area (Å²) in [5, 5.41) is 12.3. The van der Waals surface area contributed by atoms with Crippen LogP contribution < -0.4 is 4.74 Å². The lowest BCUT2D eigenvalue weighted by Crippen LogP contribution is -2.15. The lowest BCUT2D eigenvalue weighted by atomic mass is 10.0. The average Bonchev–Trinajstić information content (AvgIpc) is 3.19. The number of tetrazole rings is 1. The van der Waals surface area contributed by atoms with E-state index in [9.17, 15) is 0 Å². The highest BCUT2D eigenvalue weighted by Gasteiger charge is 2.20. The molecule has 6 nitrogen and oxygen atoms in total. The standard InChI is InChI=1S/C21H26N4O2/c1-4-18-14-17(10-11-19(18)26-2)15-20(27-3)21-22-23-24-25(21)13-12-16-8-6-5-7-9-16/h5-11,14,20H,4,12-13,15H2,1-3H3. The third-order valence-corrected chi connectivity index (χ3v) is 4.73. The number of nitrogens with zero attached hydrogens (tertiary/aromatic N) is 4. The predicted octanol–water partition coefficient (Wildman–Crippen LogP) is 3.42. The van der Waals surface area contributed by atoms with Crippen molar-refractivity contribution in [3.05, 3.63) is 71.0 Å². The molecule has 0 aliphatic rings. The molecule has 0 bridgehead atoms. The number of hydrogen-bond acceptors (Lipinski definition) is 5. The second kappa shape index (κ2) is 9.28. The zero-order chi connectivity index (χ0) is 19.1. The molecule has 1 aromatic heterocycles. The van der Waals surface area contributed by atoms with E-state index in [4.69, 9.17) is 9.47 Å². The molecule has 1 unspecified atom stereocenters. The summed E-state index contributed by atoms with van der Waals surface area (Å²) >= 11 is 0. The fourth-order valence-electron chi connectivity index (χ4n) is 3.21. The number of methoxy groups -OCH3 is 2. The summed E-state index contributed by atoms with van der Waals surface area (Å²) in [6.07, 6.45) is 2.30. The number of rotatable bonds is 9. The molecule has 0 fully saturated rings. The minimum atomic E-state index is -0.200. The third-order valence-electron chi connectivity index (χ3n) is 4.73. The number of aryl methyl sites for hydroxylation is 3. The van der Waals surface area contributed by atoms with Crippen molar-refractivity contribution in [1.82, 2.24) is 20.2 Å². The largest absolute Gasteiger partial charge is 0.496 e. The maximum absolute atomic E-state index is 5.73. The van der Waals surface area contributed by atoms with E-state index in [2.05, 4.69) is 46.7 Å². The number of hydrogen-bond donors (Lipinski definition) is 0. The quantitative estimate of drug-likeness (QED) is 0.581. The van der Waals surface area contributed by atoms with Gasteiger partial charge in [-0.15, -0.1) is 5.10 Å². The van der Waals surface area contributed by atoms with Gasteiger partial charge in [-0.25, -0.2) is 4.68 Å². The Bertz CT molecular complexity index is 848. The van der Waals surface area contributed by atoms with Crippen molar-refractivity contribution in [1.29, 1.82) is 0 Å². The number of ether oxygens (including phenoxy) is 2. The SMILES string of the molecule is CCc1cc(CC(OC)c2nnnn2CCc2ccccc2)ccc1OC. The van der Waals surface area contributed by atoms with Gasteiger partial charge in [-0.3, -0.25) is 0 Å². The Kier molecular flexibility index (Phi) is 6.54. The molecule has 6 heteroatoms. The van der Waals surface area contributed by atoms with Gasteiger partial charge in [0.25, 0.3) is 0 Å². The zero-order valence-corrected chi connectivity index (χ0v) is 16.1.